The Balaban J connectivity index is 2.52. The van der Waals surface area contributed by atoms with Gasteiger partial charge in [0.2, 0.25) is 0 Å². The van der Waals surface area contributed by atoms with E-state index >= 15 is 0 Å². The smallest absolute Gasteiger partial charge is 0.316 e. The Kier molecular flexibility index (Phi) is 5.57. The lowest BCUT2D eigenvalue weighted by Gasteiger charge is -2.18. The molecule has 0 amide bonds. The SMILES string of the molecule is COC[C@@H](C)n1c(SCC(=O)OC)nc2ccccc2c1=O. The van der Waals surface area contributed by atoms with Crippen molar-refractivity contribution >= 4 is 28.6 Å². The first-order valence-corrected chi connectivity index (χ1v) is 7.77. The van der Waals surface area contributed by atoms with Crippen LogP contribution in [-0.4, -0.2) is 42.1 Å². The molecule has 1 aromatic carbocycles. The Morgan fingerprint density at radius 2 is 2.09 bits per heavy atom. The molecular formula is C15H18N2O4S. The molecule has 2 rings (SSSR count). The zero-order chi connectivity index (χ0) is 16.1. The van der Waals surface area contributed by atoms with E-state index in [4.69, 9.17) is 4.74 Å². The minimum atomic E-state index is -0.363. The Hall–Kier alpha value is -1.86. The first-order chi connectivity index (χ1) is 10.6. The number of carbonyl (C=O) groups excluding carboxylic acids is 1. The van der Waals surface area contributed by atoms with Crippen LogP contribution in [0.3, 0.4) is 0 Å². The molecule has 0 aliphatic rings. The summed E-state index contributed by atoms with van der Waals surface area (Å²) in [6.07, 6.45) is 0. The zero-order valence-electron chi connectivity index (χ0n) is 12.7. The van der Waals surface area contributed by atoms with Crippen molar-refractivity contribution in [2.75, 3.05) is 26.6 Å². The quantitative estimate of drug-likeness (QED) is 0.459. The fourth-order valence-corrected chi connectivity index (χ4v) is 3.04. The van der Waals surface area contributed by atoms with E-state index in [2.05, 4.69) is 9.72 Å². The molecule has 22 heavy (non-hydrogen) atoms. The van der Waals surface area contributed by atoms with Gasteiger partial charge in [0.1, 0.15) is 0 Å². The number of nitrogens with zero attached hydrogens (tertiary/aromatic N) is 2. The van der Waals surface area contributed by atoms with Gasteiger partial charge in [-0.3, -0.25) is 14.2 Å². The van der Waals surface area contributed by atoms with Crippen LogP contribution in [0.4, 0.5) is 0 Å². The molecule has 1 aromatic heterocycles. The first-order valence-electron chi connectivity index (χ1n) is 6.78. The number of methoxy groups -OCH3 is 2. The van der Waals surface area contributed by atoms with Gasteiger partial charge in [-0.15, -0.1) is 0 Å². The largest absolute Gasteiger partial charge is 0.468 e. The predicted octanol–water partition coefficient (Wildman–Crippen LogP) is 1.87. The summed E-state index contributed by atoms with van der Waals surface area (Å²) in [4.78, 5) is 28.6. The van der Waals surface area contributed by atoms with Crippen molar-refractivity contribution in [3.63, 3.8) is 0 Å². The van der Waals surface area contributed by atoms with Gasteiger partial charge in [-0.25, -0.2) is 4.98 Å². The van der Waals surface area contributed by atoms with Crippen molar-refractivity contribution in [2.24, 2.45) is 0 Å². The molecular weight excluding hydrogens is 304 g/mol. The summed E-state index contributed by atoms with van der Waals surface area (Å²) < 4.78 is 11.3. The van der Waals surface area contributed by atoms with E-state index in [-0.39, 0.29) is 23.3 Å². The molecule has 0 spiro atoms. The molecule has 0 aliphatic carbocycles. The minimum absolute atomic E-state index is 0.0982. The van der Waals surface area contributed by atoms with Gasteiger partial charge in [0.05, 0.1) is 36.4 Å². The number of esters is 1. The van der Waals surface area contributed by atoms with Crippen LogP contribution in [0.2, 0.25) is 0 Å². The van der Waals surface area contributed by atoms with Gasteiger partial charge in [-0.2, -0.15) is 0 Å². The number of para-hydroxylation sites is 1. The minimum Gasteiger partial charge on any atom is -0.468 e. The normalized spacial score (nSPS) is 12.3. The van der Waals surface area contributed by atoms with Gasteiger partial charge in [0.25, 0.3) is 5.56 Å². The van der Waals surface area contributed by atoms with Crippen LogP contribution in [0.5, 0.6) is 0 Å². The van der Waals surface area contributed by atoms with Crippen molar-refractivity contribution in [3.05, 3.63) is 34.6 Å². The lowest BCUT2D eigenvalue weighted by atomic mass is 10.2. The van der Waals surface area contributed by atoms with Crippen LogP contribution < -0.4 is 5.56 Å². The molecule has 118 valence electrons. The number of aromatic nitrogens is 2. The Bertz CT molecular complexity index is 729. The van der Waals surface area contributed by atoms with Gasteiger partial charge in [-0.1, -0.05) is 23.9 Å². The maximum Gasteiger partial charge on any atom is 0.316 e. The third-order valence-electron chi connectivity index (χ3n) is 3.17. The molecule has 2 aromatic rings. The van der Waals surface area contributed by atoms with Gasteiger partial charge >= 0.3 is 5.97 Å². The summed E-state index contributed by atoms with van der Waals surface area (Å²) in [6, 6.07) is 6.97. The average molecular weight is 322 g/mol. The molecule has 0 fully saturated rings. The van der Waals surface area contributed by atoms with Gasteiger partial charge in [-0.05, 0) is 19.1 Å². The monoisotopic (exact) mass is 322 g/mol. The van der Waals surface area contributed by atoms with Gasteiger partial charge in [0.15, 0.2) is 5.16 Å². The summed E-state index contributed by atoms with van der Waals surface area (Å²) in [6.45, 7) is 2.26. The predicted molar refractivity (Wildman–Crippen MR) is 85.3 cm³/mol. The standard InChI is InChI=1S/C15H18N2O4S/c1-10(8-20-2)17-14(19)11-6-4-5-7-12(11)16-15(17)22-9-13(18)21-3/h4-7,10H,8-9H2,1-3H3/t10-/m1/s1. The number of hydrogen-bond donors (Lipinski definition) is 0. The van der Waals surface area contributed by atoms with Crippen LogP contribution in [0, 0.1) is 0 Å². The summed E-state index contributed by atoms with van der Waals surface area (Å²) in [7, 11) is 2.91. The summed E-state index contributed by atoms with van der Waals surface area (Å²) in [5.41, 5.74) is 0.475. The van der Waals surface area contributed by atoms with Crippen LogP contribution >= 0.6 is 11.8 Å². The van der Waals surface area contributed by atoms with Crippen LogP contribution in [0.1, 0.15) is 13.0 Å². The highest BCUT2D eigenvalue weighted by Crippen LogP contribution is 2.21. The molecule has 0 radical (unpaired) electrons. The third kappa shape index (κ3) is 3.48. The fourth-order valence-electron chi connectivity index (χ4n) is 2.11. The van der Waals surface area contributed by atoms with Crippen molar-refractivity contribution in [1.82, 2.24) is 9.55 Å². The number of carbonyl (C=O) groups is 1. The second-order valence-electron chi connectivity index (χ2n) is 4.76. The van der Waals surface area contributed by atoms with Crippen molar-refractivity contribution in [2.45, 2.75) is 18.1 Å². The van der Waals surface area contributed by atoms with E-state index in [9.17, 15) is 9.59 Å². The summed E-state index contributed by atoms with van der Waals surface area (Å²) >= 11 is 1.18. The number of fused-ring (bicyclic) bond motifs is 1. The van der Waals surface area contributed by atoms with E-state index in [1.165, 1.54) is 18.9 Å². The van der Waals surface area contributed by atoms with E-state index < -0.39 is 0 Å². The number of rotatable bonds is 6. The second kappa shape index (κ2) is 7.42. The maximum atomic E-state index is 12.7. The Morgan fingerprint density at radius 3 is 2.77 bits per heavy atom. The van der Waals surface area contributed by atoms with Crippen LogP contribution in [0.25, 0.3) is 10.9 Å². The highest BCUT2D eigenvalue weighted by molar-refractivity contribution is 7.99. The number of hydrogen-bond acceptors (Lipinski definition) is 6. The molecule has 1 atom stereocenters. The zero-order valence-corrected chi connectivity index (χ0v) is 13.6. The van der Waals surface area contributed by atoms with E-state index in [1.807, 2.05) is 13.0 Å². The average Bonchev–Trinajstić information content (AvgIpc) is 2.52. The second-order valence-corrected chi connectivity index (χ2v) is 5.70. The summed E-state index contributed by atoms with van der Waals surface area (Å²) in [5.74, 6) is -0.264. The molecule has 0 saturated carbocycles. The molecule has 7 heteroatoms. The van der Waals surface area contributed by atoms with Gasteiger partial charge in [0, 0.05) is 7.11 Å². The number of benzene rings is 1. The molecule has 0 bridgehead atoms. The lowest BCUT2D eigenvalue weighted by Crippen LogP contribution is -2.28. The molecule has 0 saturated heterocycles. The third-order valence-corrected chi connectivity index (χ3v) is 4.10. The summed E-state index contributed by atoms with van der Waals surface area (Å²) in [5, 5.41) is 1.03. The maximum absolute atomic E-state index is 12.7. The molecule has 0 N–H and O–H groups in total. The number of ether oxygens (including phenoxy) is 2. The fraction of sp³-hybridized carbons (Fsp3) is 0.400. The first kappa shape index (κ1) is 16.5. The van der Waals surface area contributed by atoms with Crippen LogP contribution in [0.15, 0.2) is 34.2 Å². The van der Waals surface area contributed by atoms with Crippen molar-refractivity contribution in [3.8, 4) is 0 Å². The van der Waals surface area contributed by atoms with E-state index in [0.29, 0.717) is 22.7 Å². The van der Waals surface area contributed by atoms with Crippen molar-refractivity contribution in [1.29, 1.82) is 0 Å². The molecule has 0 unspecified atom stereocenters. The van der Waals surface area contributed by atoms with E-state index in [1.54, 1.807) is 29.9 Å². The molecule has 1 heterocycles. The highest BCUT2D eigenvalue weighted by atomic mass is 32.2. The highest BCUT2D eigenvalue weighted by Gasteiger charge is 2.17. The lowest BCUT2D eigenvalue weighted by molar-refractivity contribution is -0.137. The Morgan fingerprint density at radius 1 is 1.36 bits per heavy atom. The topological polar surface area (TPSA) is 70.4 Å². The van der Waals surface area contributed by atoms with Crippen LogP contribution in [-0.2, 0) is 14.3 Å². The number of thioether (sulfide) groups is 1. The molecule has 6 nitrogen and oxygen atoms in total. The Labute approximate surface area is 132 Å². The van der Waals surface area contributed by atoms with E-state index in [0.717, 1.165) is 0 Å². The van der Waals surface area contributed by atoms with Crippen molar-refractivity contribution < 1.29 is 14.3 Å². The van der Waals surface area contributed by atoms with Gasteiger partial charge < -0.3 is 9.47 Å². The molecule has 0 aliphatic heterocycles.